The second-order valence-electron chi connectivity index (χ2n) is 8.47. The SMILES string of the molecule is CC(C)CN1CC=C(c2c[nH]c3ncc(NC(=O)OCc4cccc(C#N)c4)cc23)CC1. The monoisotopic (exact) mass is 429 g/mol. The molecule has 0 fully saturated rings. The number of pyridine rings is 1. The van der Waals surface area contributed by atoms with Crippen LogP contribution in [0.1, 0.15) is 37.0 Å². The van der Waals surface area contributed by atoms with Gasteiger partial charge in [0.25, 0.3) is 0 Å². The number of carbonyl (C=O) groups is 1. The molecule has 7 nitrogen and oxygen atoms in total. The number of nitrogens with zero attached hydrogens (tertiary/aromatic N) is 3. The van der Waals surface area contributed by atoms with Crippen LogP contribution in [0.15, 0.2) is 48.8 Å². The molecule has 3 heterocycles. The quantitative estimate of drug-likeness (QED) is 0.579. The van der Waals surface area contributed by atoms with E-state index in [-0.39, 0.29) is 6.61 Å². The van der Waals surface area contributed by atoms with Crippen molar-refractivity contribution in [1.29, 1.82) is 5.26 Å². The number of carbonyl (C=O) groups excluding carboxylic acids is 1. The van der Waals surface area contributed by atoms with E-state index in [1.54, 1.807) is 24.4 Å². The van der Waals surface area contributed by atoms with Gasteiger partial charge < -0.3 is 9.72 Å². The standard InChI is InChI=1S/C25H27N5O2/c1-17(2)15-30-8-6-20(7-9-30)23-14-28-24-22(23)11-21(13-27-24)29-25(31)32-16-19-5-3-4-18(10-19)12-26/h3-6,10-11,13-14,17H,7-9,15-16H2,1-2H3,(H,27,28)(H,29,31). The lowest BCUT2D eigenvalue weighted by Gasteiger charge is -2.27. The van der Waals surface area contributed by atoms with Crippen LogP contribution in [0.4, 0.5) is 10.5 Å². The summed E-state index contributed by atoms with van der Waals surface area (Å²) in [4.78, 5) is 22.4. The van der Waals surface area contributed by atoms with Gasteiger partial charge in [0.05, 0.1) is 23.5 Å². The molecular weight excluding hydrogens is 402 g/mol. The van der Waals surface area contributed by atoms with Crippen LogP contribution >= 0.6 is 0 Å². The van der Waals surface area contributed by atoms with Gasteiger partial charge in [0, 0.05) is 36.8 Å². The highest BCUT2D eigenvalue weighted by atomic mass is 16.5. The molecule has 1 amide bonds. The van der Waals surface area contributed by atoms with Gasteiger partial charge in [-0.1, -0.05) is 32.1 Å². The molecule has 3 aromatic rings. The first-order valence-corrected chi connectivity index (χ1v) is 10.8. The summed E-state index contributed by atoms with van der Waals surface area (Å²) >= 11 is 0. The Morgan fingerprint density at radius 1 is 1.38 bits per heavy atom. The molecule has 0 bridgehead atoms. The first-order valence-electron chi connectivity index (χ1n) is 10.8. The normalized spacial score (nSPS) is 14.2. The van der Waals surface area contributed by atoms with E-state index < -0.39 is 6.09 Å². The van der Waals surface area contributed by atoms with E-state index in [0.717, 1.165) is 48.2 Å². The molecular formula is C25H27N5O2. The van der Waals surface area contributed by atoms with E-state index in [2.05, 4.69) is 46.2 Å². The van der Waals surface area contributed by atoms with Crippen molar-refractivity contribution in [2.75, 3.05) is 25.0 Å². The van der Waals surface area contributed by atoms with Gasteiger partial charge in [0.15, 0.2) is 0 Å². The van der Waals surface area contributed by atoms with Crippen LogP contribution in [-0.2, 0) is 11.3 Å². The van der Waals surface area contributed by atoms with Crippen LogP contribution in [0.25, 0.3) is 16.6 Å². The number of benzene rings is 1. The fraction of sp³-hybridized carbons (Fsp3) is 0.320. The van der Waals surface area contributed by atoms with Gasteiger partial charge in [-0.2, -0.15) is 5.26 Å². The summed E-state index contributed by atoms with van der Waals surface area (Å²) in [7, 11) is 0. The number of nitriles is 1. The average molecular weight is 430 g/mol. The van der Waals surface area contributed by atoms with Crippen LogP contribution < -0.4 is 5.32 Å². The van der Waals surface area contributed by atoms with E-state index in [0.29, 0.717) is 17.2 Å². The molecule has 0 saturated heterocycles. The predicted molar refractivity (Wildman–Crippen MR) is 125 cm³/mol. The third-order valence-electron chi connectivity index (χ3n) is 5.47. The van der Waals surface area contributed by atoms with E-state index in [9.17, 15) is 4.79 Å². The highest BCUT2D eigenvalue weighted by molar-refractivity contribution is 5.94. The van der Waals surface area contributed by atoms with E-state index in [1.165, 1.54) is 5.57 Å². The number of hydrogen-bond donors (Lipinski definition) is 2. The highest BCUT2D eigenvalue weighted by Crippen LogP contribution is 2.30. The first kappa shape index (κ1) is 21.6. The summed E-state index contributed by atoms with van der Waals surface area (Å²) in [5.74, 6) is 0.658. The van der Waals surface area contributed by atoms with Crippen molar-refractivity contribution in [2.45, 2.75) is 26.9 Å². The van der Waals surface area contributed by atoms with Gasteiger partial charge in [-0.05, 0) is 41.7 Å². The fourth-order valence-corrected chi connectivity index (χ4v) is 4.01. The maximum atomic E-state index is 12.3. The molecule has 32 heavy (non-hydrogen) atoms. The molecule has 7 heteroatoms. The van der Waals surface area contributed by atoms with Crippen molar-refractivity contribution in [2.24, 2.45) is 5.92 Å². The maximum Gasteiger partial charge on any atom is 0.412 e. The predicted octanol–water partition coefficient (Wildman–Crippen LogP) is 4.93. The van der Waals surface area contributed by atoms with E-state index >= 15 is 0 Å². The number of H-pyrrole nitrogens is 1. The number of hydrogen-bond acceptors (Lipinski definition) is 5. The summed E-state index contributed by atoms with van der Waals surface area (Å²) in [6.07, 6.45) is 6.32. The number of nitrogens with one attached hydrogen (secondary N) is 2. The van der Waals surface area contributed by atoms with Gasteiger partial charge in [-0.25, -0.2) is 9.78 Å². The minimum atomic E-state index is -0.563. The van der Waals surface area contributed by atoms with Crippen molar-refractivity contribution >= 4 is 28.4 Å². The lowest BCUT2D eigenvalue weighted by atomic mass is 9.99. The molecule has 1 aliphatic heterocycles. The minimum Gasteiger partial charge on any atom is -0.444 e. The van der Waals surface area contributed by atoms with Crippen LogP contribution in [-0.4, -0.2) is 40.6 Å². The van der Waals surface area contributed by atoms with Gasteiger partial charge in [0.2, 0.25) is 0 Å². The number of rotatable bonds is 6. The zero-order chi connectivity index (χ0) is 22.5. The second kappa shape index (κ2) is 9.67. The molecule has 0 spiro atoms. The molecule has 1 aromatic carbocycles. The summed E-state index contributed by atoms with van der Waals surface area (Å²) in [6.45, 7) is 7.68. The second-order valence-corrected chi connectivity index (χ2v) is 8.47. The summed E-state index contributed by atoms with van der Waals surface area (Å²) in [6, 6.07) is 11.0. The van der Waals surface area contributed by atoms with Crippen molar-refractivity contribution < 1.29 is 9.53 Å². The average Bonchev–Trinajstić information content (AvgIpc) is 3.21. The van der Waals surface area contributed by atoms with Gasteiger partial charge in [0.1, 0.15) is 12.3 Å². The Balaban J connectivity index is 1.43. The fourth-order valence-electron chi connectivity index (χ4n) is 4.01. The summed E-state index contributed by atoms with van der Waals surface area (Å²) in [5, 5.41) is 12.7. The Morgan fingerprint density at radius 2 is 2.25 bits per heavy atom. The molecule has 0 unspecified atom stereocenters. The topological polar surface area (TPSA) is 94.0 Å². The Kier molecular flexibility index (Phi) is 6.52. The van der Waals surface area contributed by atoms with Crippen molar-refractivity contribution in [3.8, 4) is 6.07 Å². The largest absolute Gasteiger partial charge is 0.444 e. The van der Waals surface area contributed by atoms with Crippen molar-refractivity contribution in [3.05, 3.63) is 65.5 Å². The number of aromatic amines is 1. The lowest BCUT2D eigenvalue weighted by Crippen LogP contribution is -2.31. The number of anilines is 1. The Hall–Kier alpha value is -3.63. The number of fused-ring (bicyclic) bond motifs is 1. The minimum absolute atomic E-state index is 0.0895. The number of amides is 1. The summed E-state index contributed by atoms with van der Waals surface area (Å²) < 4.78 is 5.30. The molecule has 0 radical (unpaired) electrons. The van der Waals surface area contributed by atoms with Crippen LogP contribution in [0.2, 0.25) is 0 Å². The van der Waals surface area contributed by atoms with E-state index in [4.69, 9.17) is 10.00 Å². The maximum absolute atomic E-state index is 12.3. The third kappa shape index (κ3) is 5.16. The molecule has 4 rings (SSSR count). The van der Waals surface area contributed by atoms with Crippen LogP contribution in [0.3, 0.4) is 0 Å². The first-order chi connectivity index (χ1) is 15.5. The van der Waals surface area contributed by atoms with Gasteiger partial charge in [-0.15, -0.1) is 0 Å². The zero-order valence-corrected chi connectivity index (χ0v) is 18.4. The lowest BCUT2D eigenvalue weighted by molar-refractivity contribution is 0.155. The molecule has 1 aliphatic rings. The molecule has 0 saturated carbocycles. The van der Waals surface area contributed by atoms with Gasteiger partial charge >= 0.3 is 6.09 Å². The van der Waals surface area contributed by atoms with Crippen LogP contribution in [0, 0.1) is 17.2 Å². The van der Waals surface area contributed by atoms with E-state index in [1.807, 2.05) is 18.3 Å². The number of ether oxygens (including phenoxy) is 1. The van der Waals surface area contributed by atoms with Crippen molar-refractivity contribution in [3.63, 3.8) is 0 Å². The third-order valence-corrected chi connectivity index (χ3v) is 5.47. The molecule has 2 aromatic heterocycles. The molecule has 2 N–H and O–H groups in total. The highest BCUT2D eigenvalue weighted by Gasteiger charge is 2.17. The Bertz CT molecular complexity index is 1190. The Labute approximate surface area is 187 Å². The molecule has 0 aliphatic carbocycles. The summed E-state index contributed by atoms with van der Waals surface area (Å²) in [5.41, 5.74) is 5.09. The van der Waals surface area contributed by atoms with Gasteiger partial charge in [-0.3, -0.25) is 10.2 Å². The smallest absolute Gasteiger partial charge is 0.412 e. The van der Waals surface area contributed by atoms with Crippen LogP contribution in [0.5, 0.6) is 0 Å². The zero-order valence-electron chi connectivity index (χ0n) is 18.4. The number of aromatic nitrogens is 2. The Morgan fingerprint density at radius 3 is 3.00 bits per heavy atom. The molecule has 0 atom stereocenters. The molecule has 164 valence electrons. The van der Waals surface area contributed by atoms with Crippen molar-refractivity contribution in [1.82, 2.24) is 14.9 Å².